The summed E-state index contributed by atoms with van der Waals surface area (Å²) in [7, 11) is 3.77. The molecule has 1 aromatic heterocycles. The summed E-state index contributed by atoms with van der Waals surface area (Å²) in [6.45, 7) is 2.19. The van der Waals surface area contributed by atoms with Crippen LogP contribution < -0.4 is 0 Å². The van der Waals surface area contributed by atoms with E-state index in [1.165, 1.54) is 65.5 Å². The number of thioether (sulfide) groups is 1. The number of ether oxygens (including phenoxy) is 4. The molecular weight excluding hydrogens is 774 g/mol. The summed E-state index contributed by atoms with van der Waals surface area (Å²) < 4.78 is 69.7. The first-order valence-electron chi connectivity index (χ1n) is 18.2. The average molecular weight is 815 g/mol. The van der Waals surface area contributed by atoms with Gasteiger partial charge in [-0.3, -0.25) is 4.79 Å². The van der Waals surface area contributed by atoms with Gasteiger partial charge < -0.3 is 23.8 Å². The Hall–Kier alpha value is -5.78. The summed E-state index contributed by atoms with van der Waals surface area (Å²) in [5.74, 6) is -3.79. The standard InChI is InChI=1S/C42H41F3N6O6S/c1-28(58-34-23-55-40(56-24-34)9-5-4-7-31-12-10-30(21-47)18-37(31)44)42(25-51-27-48-26-49-51,36-15-14-33(43)19-38(36)45)57-41(53)35-17-29(20-46)11-13-32(35)22-54-39(52)8-6-16-50(2)3/h4-5,7,9-15,17-19,26-28,34,40H,6,8,16,22-25H2,1-3H3. The Morgan fingerprint density at radius 1 is 1.03 bits per heavy atom. The molecule has 16 heteroatoms. The molecule has 1 aliphatic heterocycles. The molecule has 0 saturated carbocycles. The van der Waals surface area contributed by atoms with E-state index in [0.717, 1.165) is 12.1 Å². The molecule has 5 rings (SSSR count). The Bertz CT molecular complexity index is 2200. The van der Waals surface area contributed by atoms with Crippen LogP contribution in [0.25, 0.3) is 6.08 Å². The first kappa shape index (κ1) is 43.3. The number of rotatable bonds is 17. The Kier molecular flexibility index (Phi) is 15.4. The van der Waals surface area contributed by atoms with Crippen molar-refractivity contribution in [3.63, 3.8) is 0 Å². The van der Waals surface area contributed by atoms with E-state index in [-0.39, 0.29) is 65.9 Å². The maximum atomic E-state index is 16.0. The van der Waals surface area contributed by atoms with Gasteiger partial charge in [0, 0.05) is 34.4 Å². The van der Waals surface area contributed by atoms with Gasteiger partial charge >= 0.3 is 11.9 Å². The largest absolute Gasteiger partial charge is 0.461 e. The Morgan fingerprint density at radius 2 is 1.78 bits per heavy atom. The van der Waals surface area contributed by atoms with Gasteiger partial charge in [0.25, 0.3) is 0 Å². The van der Waals surface area contributed by atoms with Crippen molar-refractivity contribution in [2.75, 3.05) is 33.9 Å². The quantitative estimate of drug-likeness (QED) is 0.0823. The third-order valence-electron chi connectivity index (χ3n) is 9.09. The summed E-state index contributed by atoms with van der Waals surface area (Å²) in [6.07, 6.45) is 9.04. The van der Waals surface area contributed by atoms with Gasteiger partial charge in [0.2, 0.25) is 0 Å². The van der Waals surface area contributed by atoms with Crippen molar-refractivity contribution in [1.29, 1.82) is 10.5 Å². The maximum Gasteiger partial charge on any atom is 0.339 e. The van der Waals surface area contributed by atoms with Crippen LogP contribution in [0.15, 0.2) is 85.5 Å². The predicted octanol–water partition coefficient (Wildman–Crippen LogP) is 6.71. The summed E-state index contributed by atoms with van der Waals surface area (Å²) in [6, 6.07) is 15.3. The van der Waals surface area contributed by atoms with Crippen molar-refractivity contribution < 1.29 is 41.7 Å². The number of carbonyl (C=O) groups is 2. The van der Waals surface area contributed by atoms with Crippen molar-refractivity contribution >= 4 is 29.8 Å². The highest BCUT2D eigenvalue weighted by atomic mass is 32.2. The lowest BCUT2D eigenvalue weighted by molar-refractivity contribution is -0.146. The van der Waals surface area contributed by atoms with Crippen molar-refractivity contribution in [2.24, 2.45) is 0 Å². The van der Waals surface area contributed by atoms with Gasteiger partial charge in [-0.05, 0) is 76.5 Å². The maximum absolute atomic E-state index is 16.0. The third kappa shape index (κ3) is 11.6. The summed E-state index contributed by atoms with van der Waals surface area (Å²) in [5.41, 5.74) is -1.21. The number of nitriles is 2. The van der Waals surface area contributed by atoms with E-state index in [1.807, 2.05) is 31.1 Å². The number of nitrogens with zero attached hydrogens (tertiary/aromatic N) is 6. The Balaban J connectivity index is 1.38. The molecule has 3 aromatic carbocycles. The van der Waals surface area contributed by atoms with Gasteiger partial charge in [-0.15, -0.1) is 11.8 Å². The van der Waals surface area contributed by atoms with E-state index in [9.17, 15) is 23.6 Å². The number of esters is 2. The number of hydrogen-bond acceptors (Lipinski definition) is 12. The summed E-state index contributed by atoms with van der Waals surface area (Å²) in [5, 5.41) is 21.7. The van der Waals surface area contributed by atoms with Crippen LogP contribution in [-0.2, 0) is 42.5 Å². The number of aromatic nitrogens is 3. The molecule has 0 radical (unpaired) electrons. The number of benzene rings is 3. The van der Waals surface area contributed by atoms with Gasteiger partial charge in [0.05, 0.1) is 53.8 Å². The zero-order chi connectivity index (χ0) is 41.7. The normalized spacial score (nSPS) is 17.1. The smallest absolute Gasteiger partial charge is 0.339 e. The first-order chi connectivity index (χ1) is 27.9. The van der Waals surface area contributed by atoms with Crippen LogP contribution in [0.3, 0.4) is 0 Å². The highest BCUT2D eigenvalue weighted by Gasteiger charge is 2.47. The molecule has 0 aliphatic carbocycles. The molecule has 0 bridgehead atoms. The molecular formula is C42H41F3N6O6S. The molecule has 58 heavy (non-hydrogen) atoms. The van der Waals surface area contributed by atoms with E-state index >= 15 is 4.39 Å². The van der Waals surface area contributed by atoms with Gasteiger partial charge in [0.15, 0.2) is 11.9 Å². The molecule has 0 N–H and O–H groups in total. The second-order valence-corrected chi connectivity index (χ2v) is 15.2. The van der Waals surface area contributed by atoms with E-state index in [0.29, 0.717) is 24.6 Å². The number of carbonyl (C=O) groups excluding carboxylic acids is 2. The minimum atomic E-state index is -1.88. The van der Waals surface area contributed by atoms with Crippen LogP contribution in [0.2, 0.25) is 0 Å². The van der Waals surface area contributed by atoms with Crippen LogP contribution in [-0.4, -0.2) is 82.2 Å². The van der Waals surface area contributed by atoms with E-state index in [2.05, 4.69) is 10.1 Å². The van der Waals surface area contributed by atoms with E-state index in [4.69, 9.17) is 24.2 Å². The van der Waals surface area contributed by atoms with Crippen LogP contribution in [0, 0.1) is 40.1 Å². The minimum absolute atomic E-state index is 0.0854. The topological polar surface area (TPSA) is 153 Å². The molecule has 2 heterocycles. The lowest BCUT2D eigenvalue weighted by atomic mass is 9.89. The lowest BCUT2D eigenvalue weighted by Crippen LogP contribution is -2.47. The molecule has 0 spiro atoms. The van der Waals surface area contributed by atoms with Crippen LogP contribution in [0.5, 0.6) is 0 Å². The number of halogens is 3. The lowest BCUT2D eigenvalue weighted by Gasteiger charge is -2.40. The molecule has 0 amide bonds. The van der Waals surface area contributed by atoms with Crippen molar-refractivity contribution in [3.8, 4) is 12.1 Å². The predicted molar refractivity (Wildman–Crippen MR) is 208 cm³/mol. The highest BCUT2D eigenvalue weighted by molar-refractivity contribution is 8.00. The summed E-state index contributed by atoms with van der Waals surface area (Å²) >= 11 is 1.29. The van der Waals surface area contributed by atoms with Crippen LogP contribution in [0.1, 0.15) is 57.9 Å². The number of allylic oxidation sites excluding steroid dienone is 2. The van der Waals surface area contributed by atoms with E-state index in [1.54, 1.807) is 31.2 Å². The van der Waals surface area contributed by atoms with Crippen LogP contribution in [0.4, 0.5) is 13.2 Å². The van der Waals surface area contributed by atoms with Gasteiger partial charge in [-0.25, -0.2) is 27.6 Å². The summed E-state index contributed by atoms with van der Waals surface area (Å²) in [4.78, 5) is 32.9. The monoisotopic (exact) mass is 814 g/mol. The van der Waals surface area contributed by atoms with E-state index < -0.39 is 46.5 Å². The fourth-order valence-electron chi connectivity index (χ4n) is 6.08. The molecule has 302 valence electrons. The number of hydrogen-bond donors (Lipinski definition) is 0. The van der Waals surface area contributed by atoms with Gasteiger partial charge in [-0.1, -0.05) is 30.4 Å². The second kappa shape index (κ2) is 20.6. The molecule has 2 atom stereocenters. The molecule has 1 fully saturated rings. The fraction of sp³-hybridized carbons (Fsp3) is 0.333. The fourth-order valence-corrected chi connectivity index (χ4v) is 7.44. The highest BCUT2D eigenvalue weighted by Crippen LogP contribution is 2.42. The Labute approximate surface area is 338 Å². The average Bonchev–Trinajstić information content (AvgIpc) is 3.72. The Morgan fingerprint density at radius 3 is 2.45 bits per heavy atom. The zero-order valence-corrected chi connectivity index (χ0v) is 32.8. The van der Waals surface area contributed by atoms with Gasteiger partial charge in [0.1, 0.15) is 36.7 Å². The van der Waals surface area contributed by atoms with Crippen molar-refractivity contribution in [1.82, 2.24) is 19.7 Å². The zero-order valence-electron chi connectivity index (χ0n) is 32.0. The molecule has 2 unspecified atom stereocenters. The SMILES string of the molecule is CC(SC1COC(C=CC=Cc2ccc(C#N)cc2F)OC1)C(Cn1cncn1)(OC(=O)c1cc(C#N)ccc1COC(=O)CCCN(C)C)c1ccc(F)cc1F. The minimum Gasteiger partial charge on any atom is -0.461 e. The molecule has 1 saturated heterocycles. The molecule has 4 aromatic rings. The van der Waals surface area contributed by atoms with Gasteiger partial charge in [-0.2, -0.15) is 15.6 Å². The van der Waals surface area contributed by atoms with Crippen molar-refractivity contribution in [3.05, 3.63) is 136 Å². The second-order valence-electron chi connectivity index (χ2n) is 13.6. The van der Waals surface area contributed by atoms with Crippen LogP contribution >= 0.6 is 11.8 Å². The molecule has 12 nitrogen and oxygen atoms in total. The van der Waals surface area contributed by atoms with Crippen molar-refractivity contribution in [2.45, 2.75) is 55.3 Å². The first-order valence-corrected chi connectivity index (χ1v) is 19.1. The third-order valence-corrected chi connectivity index (χ3v) is 10.5. The molecule has 1 aliphatic rings.